The standard InChI is InChI=1S/C20H27N3O2/c1-14-5-6-17-11-18(20(25)22-19(17)10-14)13-23-9-3-4-16(12-23)7-8-21-15(2)24/h5-6,10-11,16H,3-4,7-9,12-13H2,1-2H3,(H,21,24)(H,22,25). The Bertz CT molecular complexity index is 812. The largest absolute Gasteiger partial charge is 0.356 e. The van der Waals surface area contributed by atoms with Gasteiger partial charge in [-0.1, -0.05) is 12.1 Å². The Morgan fingerprint density at radius 3 is 3.00 bits per heavy atom. The topological polar surface area (TPSA) is 65.2 Å². The Morgan fingerprint density at radius 1 is 1.36 bits per heavy atom. The van der Waals surface area contributed by atoms with Crippen LogP contribution in [0.5, 0.6) is 0 Å². The summed E-state index contributed by atoms with van der Waals surface area (Å²) in [5.41, 5.74) is 2.90. The number of benzene rings is 1. The fraction of sp³-hybridized carbons (Fsp3) is 0.500. The molecule has 25 heavy (non-hydrogen) atoms. The molecular formula is C20H27N3O2. The molecule has 2 heterocycles. The van der Waals surface area contributed by atoms with E-state index in [1.807, 2.05) is 19.1 Å². The quantitative estimate of drug-likeness (QED) is 0.878. The number of nitrogens with one attached hydrogen (secondary N) is 2. The van der Waals surface area contributed by atoms with Gasteiger partial charge >= 0.3 is 0 Å². The predicted octanol–water partition coefficient (Wildman–Crippen LogP) is 2.57. The van der Waals surface area contributed by atoms with Crippen LogP contribution in [-0.2, 0) is 11.3 Å². The number of fused-ring (bicyclic) bond motifs is 1. The number of piperidine rings is 1. The van der Waals surface area contributed by atoms with Crippen molar-refractivity contribution < 1.29 is 4.79 Å². The van der Waals surface area contributed by atoms with Gasteiger partial charge in [0, 0.05) is 37.6 Å². The summed E-state index contributed by atoms with van der Waals surface area (Å²) in [4.78, 5) is 28.8. The molecule has 5 heteroatoms. The van der Waals surface area contributed by atoms with Crippen LogP contribution in [0, 0.1) is 12.8 Å². The molecule has 1 atom stereocenters. The summed E-state index contributed by atoms with van der Waals surface area (Å²) in [5, 5.41) is 3.96. The van der Waals surface area contributed by atoms with Crippen LogP contribution in [0.4, 0.5) is 0 Å². The second-order valence-corrected chi connectivity index (χ2v) is 7.23. The summed E-state index contributed by atoms with van der Waals surface area (Å²) in [6, 6.07) is 8.17. The van der Waals surface area contributed by atoms with Gasteiger partial charge in [0.15, 0.2) is 0 Å². The first kappa shape index (κ1) is 17.7. The van der Waals surface area contributed by atoms with Crippen molar-refractivity contribution in [3.63, 3.8) is 0 Å². The number of pyridine rings is 1. The normalized spacial score (nSPS) is 18.4. The lowest BCUT2D eigenvalue weighted by Crippen LogP contribution is -2.37. The molecule has 0 bridgehead atoms. The zero-order valence-electron chi connectivity index (χ0n) is 15.1. The lowest BCUT2D eigenvalue weighted by molar-refractivity contribution is -0.119. The van der Waals surface area contributed by atoms with Crippen molar-refractivity contribution in [1.82, 2.24) is 15.2 Å². The maximum Gasteiger partial charge on any atom is 0.252 e. The van der Waals surface area contributed by atoms with E-state index in [-0.39, 0.29) is 11.5 Å². The van der Waals surface area contributed by atoms with Crippen molar-refractivity contribution in [2.24, 2.45) is 5.92 Å². The van der Waals surface area contributed by atoms with Crippen LogP contribution < -0.4 is 10.9 Å². The third kappa shape index (κ3) is 4.69. The average molecular weight is 341 g/mol. The van der Waals surface area contributed by atoms with Crippen LogP contribution in [0.1, 0.15) is 37.3 Å². The number of amides is 1. The van der Waals surface area contributed by atoms with Crippen LogP contribution >= 0.6 is 0 Å². The molecule has 5 nitrogen and oxygen atoms in total. The molecule has 1 amide bonds. The molecule has 0 saturated carbocycles. The van der Waals surface area contributed by atoms with E-state index in [1.54, 1.807) is 6.92 Å². The molecule has 1 unspecified atom stereocenters. The van der Waals surface area contributed by atoms with E-state index in [0.29, 0.717) is 12.5 Å². The lowest BCUT2D eigenvalue weighted by atomic mass is 9.94. The number of hydrogen-bond donors (Lipinski definition) is 2. The third-order valence-electron chi connectivity index (χ3n) is 5.00. The van der Waals surface area contributed by atoms with Gasteiger partial charge in [0.2, 0.25) is 5.91 Å². The van der Waals surface area contributed by atoms with Crippen molar-refractivity contribution in [1.29, 1.82) is 0 Å². The van der Waals surface area contributed by atoms with Crippen molar-refractivity contribution in [3.05, 3.63) is 45.7 Å². The first-order chi connectivity index (χ1) is 12.0. The lowest BCUT2D eigenvalue weighted by Gasteiger charge is -2.32. The molecule has 1 aliphatic rings. The van der Waals surface area contributed by atoms with Crippen molar-refractivity contribution >= 4 is 16.8 Å². The third-order valence-corrected chi connectivity index (χ3v) is 5.00. The van der Waals surface area contributed by atoms with Crippen molar-refractivity contribution in [3.8, 4) is 0 Å². The smallest absolute Gasteiger partial charge is 0.252 e. The number of carbonyl (C=O) groups is 1. The van der Waals surface area contributed by atoms with Gasteiger partial charge in [-0.2, -0.15) is 0 Å². The maximum atomic E-state index is 12.4. The van der Waals surface area contributed by atoms with E-state index in [1.165, 1.54) is 6.42 Å². The Kier molecular flexibility index (Phi) is 5.53. The SMILES string of the molecule is CC(=O)NCCC1CCCN(Cc2cc3ccc(C)cc3[nH]c2=O)C1. The van der Waals surface area contributed by atoms with Crippen LogP contribution in [0.25, 0.3) is 10.9 Å². The van der Waals surface area contributed by atoms with E-state index in [9.17, 15) is 9.59 Å². The number of aromatic nitrogens is 1. The molecule has 1 aromatic heterocycles. The molecule has 2 aromatic rings. The molecule has 3 rings (SSSR count). The van der Waals surface area contributed by atoms with E-state index < -0.39 is 0 Å². The van der Waals surface area contributed by atoms with Crippen molar-refractivity contribution in [2.75, 3.05) is 19.6 Å². The Hall–Kier alpha value is -2.14. The molecule has 0 radical (unpaired) electrons. The Labute approximate surface area is 148 Å². The number of aryl methyl sites for hydroxylation is 1. The highest BCUT2D eigenvalue weighted by Crippen LogP contribution is 2.21. The fourth-order valence-corrected chi connectivity index (χ4v) is 3.70. The summed E-state index contributed by atoms with van der Waals surface area (Å²) in [5.74, 6) is 0.619. The Morgan fingerprint density at radius 2 is 2.20 bits per heavy atom. The van der Waals surface area contributed by atoms with Gasteiger partial charge in [-0.25, -0.2) is 0 Å². The number of likely N-dealkylation sites (tertiary alicyclic amines) is 1. The fourth-order valence-electron chi connectivity index (χ4n) is 3.70. The van der Waals surface area contributed by atoms with Crippen LogP contribution in [0.3, 0.4) is 0 Å². The van der Waals surface area contributed by atoms with Crippen molar-refractivity contribution in [2.45, 2.75) is 39.7 Å². The van der Waals surface area contributed by atoms with Gasteiger partial charge in [-0.05, 0) is 61.7 Å². The van der Waals surface area contributed by atoms with Gasteiger partial charge in [-0.3, -0.25) is 14.5 Å². The molecule has 0 spiro atoms. The van der Waals surface area contributed by atoms with Gasteiger partial charge in [0.05, 0.1) is 0 Å². The molecule has 1 aliphatic heterocycles. The number of nitrogens with zero attached hydrogens (tertiary/aromatic N) is 1. The van der Waals surface area contributed by atoms with E-state index >= 15 is 0 Å². The number of carbonyl (C=O) groups excluding carboxylic acids is 1. The highest BCUT2D eigenvalue weighted by molar-refractivity contribution is 5.79. The minimum absolute atomic E-state index is 0.0125. The van der Waals surface area contributed by atoms with Gasteiger partial charge in [0.1, 0.15) is 0 Å². The van der Waals surface area contributed by atoms with E-state index in [4.69, 9.17) is 0 Å². The summed E-state index contributed by atoms with van der Waals surface area (Å²) < 4.78 is 0. The van der Waals surface area contributed by atoms with Gasteiger partial charge in [0.25, 0.3) is 5.56 Å². The van der Waals surface area contributed by atoms with E-state index in [0.717, 1.165) is 54.5 Å². The zero-order valence-corrected chi connectivity index (χ0v) is 15.1. The summed E-state index contributed by atoms with van der Waals surface area (Å²) in [6.07, 6.45) is 3.35. The monoisotopic (exact) mass is 341 g/mol. The highest BCUT2D eigenvalue weighted by Gasteiger charge is 2.20. The molecule has 1 aromatic carbocycles. The molecule has 1 saturated heterocycles. The summed E-state index contributed by atoms with van der Waals surface area (Å²) >= 11 is 0. The minimum atomic E-state index is 0.0125. The van der Waals surface area contributed by atoms with Crippen LogP contribution in [-0.4, -0.2) is 35.4 Å². The Balaban J connectivity index is 1.66. The predicted molar refractivity (Wildman–Crippen MR) is 101 cm³/mol. The molecule has 0 aliphatic carbocycles. The number of aromatic amines is 1. The maximum absolute atomic E-state index is 12.4. The number of rotatable bonds is 5. The minimum Gasteiger partial charge on any atom is -0.356 e. The highest BCUT2D eigenvalue weighted by atomic mass is 16.1. The summed E-state index contributed by atoms with van der Waals surface area (Å²) in [7, 11) is 0. The molecule has 134 valence electrons. The zero-order chi connectivity index (χ0) is 17.8. The first-order valence-electron chi connectivity index (χ1n) is 9.10. The van der Waals surface area contributed by atoms with Gasteiger partial charge in [-0.15, -0.1) is 0 Å². The van der Waals surface area contributed by atoms with Crippen LogP contribution in [0.15, 0.2) is 29.1 Å². The second kappa shape index (κ2) is 7.83. The van der Waals surface area contributed by atoms with Gasteiger partial charge < -0.3 is 10.3 Å². The summed E-state index contributed by atoms with van der Waals surface area (Å²) in [6.45, 7) is 7.04. The molecular weight excluding hydrogens is 314 g/mol. The molecule has 2 N–H and O–H groups in total. The molecule has 1 fully saturated rings. The van der Waals surface area contributed by atoms with E-state index in [2.05, 4.69) is 27.3 Å². The number of H-pyrrole nitrogens is 1. The second-order valence-electron chi connectivity index (χ2n) is 7.23. The first-order valence-corrected chi connectivity index (χ1v) is 9.10. The number of hydrogen-bond acceptors (Lipinski definition) is 3. The average Bonchev–Trinajstić information content (AvgIpc) is 2.56. The van der Waals surface area contributed by atoms with Crippen LogP contribution in [0.2, 0.25) is 0 Å².